The number of nitrogens with one attached hydrogen (secondary N) is 2. The van der Waals surface area contributed by atoms with Crippen molar-refractivity contribution in [2.75, 3.05) is 31.3 Å². The van der Waals surface area contributed by atoms with Gasteiger partial charge in [0.05, 0.1) is 31.3 Å². The molecule has 2 N–H and O–H groups in total. The Hall–Kier alpha value is -3.37. The van der Waals surface area contributed by atoms with Gasteiger partial charge < -0.3 is 15.4 Å². The van der Waals surface area contributed by atoms with Crippen molar-refractivity contribution >= 4 is 23.2 Å². The maximum absolute atomic E-state index is 12.4. The molecule has 0 fully saturated rings. The quantitative estimate of drug-likeness (QED) is 0.785. The first kappa shape index (κ1) is 19.9. The number of ether oxygens (including phenoxy) is 1. The van der Waals surface area contributed by atoms with Crippen LogP contribution in [0.3, 0.4) is 0 Å². The molecule has 0 saturated heterocycles. The molecule has 0 radical (unpaired) electrons. The highest BCUT2D eigenvalue weighted by molar-refractivity contribution is 5.96. The van der Waals surface area contributed by atoms with Crippen molar-refractivity contribution in [3.05, 3.63) is 54.1 Å². The van der Waals surface area contributed by atoms with Crippen molar-refractivity contribution in [2.24, 2.45) is 0 Å². The summed E-state index contributed by atoms with van der Waals surface area (Å²) in [6, 6.07) is 15.2. The molecule has 1 atom stereocenters. The largest absolute Gasteiger partial charge is 0.497 e. The van der Waals surface area contributed by atoms with E-state index in [4.69, 9.17) is 10.00 Å². The van der Waals surface area contributed by atoms with E-state index in [0.717, 1.165) is 0 Å². The summed E-state index contributed by atoms with van der Waals surface area (Å²) in [4.78, 5) is 26.2. The molecular weight excluding hydrogens is 344 g/mol. The van der Waals surface area contributed by atoms with Gasteiger partial charge in [-0.2, -0.15) is 5.26 Å². The second-order valence-electron chi connectivity index (χ2n) is 6.05. The maximum atomic E-state index is 12.4. The first-order chi connectivity index (χ1) is 12.9. The number of benzene rings is 2. The Morgan fingerprint density at radius 1 is 1.15 bits per heavy atom. The third kappa shape index (κ3) is 5.83. The average Bonchev–Trinajstić information content (AvgIpc) is 2.67. The number of carbonyl (C=O) groups excluding carboxylic acids is 2. The molecule has 2 aromatic rings. The number of likely N-dealkylation sites (N-methyl/N-ethyl adjacent to an activating group) is 1. The fourth-order valence-corrected chi connectivity index (χ4v) is 2.34. The summed E-state index contributed by atoms with van der Waals surface area (Å²) in [5.41, 5.74) is 1.75. The Morgan fingerprint density at radius 2 is 1.85 bits per heavy atom. The van der Waals surface area contributed by atoms with Crippen LogP contribution in [0.5, 0.6) is 5.75 Å². The van der Waals surface area contributed by atoms with Crippen LogP contribution >= 0.6 is 0 Å². The minimum atomic E-state index is -0.517. The SMILES string of the molecule is COc1cccc(NC(=O)CN(C)[C@H](C)C(=O)Nc2ccc(C#N)cc2)c1. The van der Waals surface area contributed by atoms with Gasteiger partial charge >= 0.3 is 0 Å². The summed E-state index contributed by atoms with van der Waals surface area (Å²) in [5.74, 6) is 0.177. The zero-order valence-corrected chi connectivity index (χ0v) is 15.5. The fraction of sp³-hybridized carbons (Fsp3) is 0.250. The zero-order chi connectivity index (χ0) is 19.8. The maximum Gasteiger partial charge on any atom is 0.241 e. The summed E-state index contributed by atoms with van der Waals surface area (Å²) >= 11 is 0. The van der Waals surface area contributed by atoms with Crippen LogP contribution in [0.15, 0.2) is 48.5 Å². The first-order valence-electron chi connectivity index (χ1n) is 8.38. The number of anilines is 2. The van der Waals surface area contributed by atoms with Gasteiger partial charge in [0.1, 0.15) is 5.75 Å². The van der Waals surface area contributed by atoms with Crippen LogP contribution in [-0.4, -0.2) is 43.5 Å². The lowest BCUT2D eigenvalue weighted by molar-refractivity contribution is -0.122. The van der Waals surface area contributed by atoms with Crippen LogP contribution in [-0.2, 0) is 9.59 Å². The lowest BCUT2D eigenvalue weighted by Crippen LogP contribution is -2.43. The highest BCUT2D eigenvalue weighted by Gasteiger charge is 2.20. The molecule has 2 rings (SSSR count). The van der Waals surface area contributed by atoms with Crippen LogP contribution in [0.25, 0.3) is 0 Å². The second kappa shape index (κ2) is 9.36. The third-order valence-electron chi connectivity index (χ3n) is 4.07. The lowest BCUT2D eigenvalue weighted by atomic mass is 10.2. The Kier molecular flexibility index (Phi) is 6.92. The van der Waals surface area contributed by atoms with Crippen molar-refractivity contribution < 1.29 is 14.3 Å². The summed E-state index contributed by atoms with van der Waals surface area (Å²) in [6.45, 7) is 1.77. The summed E-state index contributed by atoms with van der Waals surface area (Å²) in [5, 5.41) is 14.4. The molecule has 2 aromatic carbocycles. The van der Waals surface area contributed by atoms with Gasteiger partial charge in [-0.25, -0.2) is 0 Å². The molecular formula is C20H22N4O3. The summed E-state index contributed by atoms with van der Waals surface area (Å²) in [6.07, 6.45) is 0. The van der Waals surface area contributed by atoms with Crippen molar-refractivity contribution in [2.45, 2.75) is 13.0 Å². The molecule has 0 aliphatic carbocycles. The zero-order valence-electron chi connectivity index (χ0n) is 15.5. The smallest absolute Gasteiger partial charge is 0.241 e. The molecule has 0 aromatic heterocycles. The third-order valence-corrected chi connectivity index (χ3v) is 4.07. The number of hydrogen-bond donors (Lipinski definition) is 2. The standard InChI is InChI=1S/C20H22N4O3/c1-14(20(26)23-16-9-7-15(12-21)8-10-16)24(2)13-19(25)22-17-5-4-6-18(11-17)27-3/h4-11,14H,13H2,1-3H3,(H,22,25)(H,23,26)/t14-/m1/s1. The Labute approximate surface area is 158 Å². The van der Waals surface area contributed by atoms with E-state index >= 15 is 0 Å². The molecule has 0 unspecified atom stereocenters. The van der Waals surface area contributed by atoms with Crippen LogP contribution in [0.2, 0.25) is 0 Å². The number of carbonyl (C=O) groups is 2. The molecule has 0 bridgehead atoms. The number of amides is 2. The molecule has 0 heterocycles. The topological polar surface area (TPSA) is 94.5 Å². The monoisotopic (exact) mass is 366 g/mol. The van der Waals surface area contributed by atoms with E-state index in [1.165, 1.54) is 0 Å². The van der Waals surface area contributed by atoms with Gasteiger partial charge in [0.25, 0.3) is 0 Å². The van der Waals surface area contributed by atoms with Crippen LogP contribution in [0, 0.1) is 11.3 Å². The number of nitriles is 1. The molecule has 0 aliphatic rings. The minimum absolute atomic E-state index is 0.0547. The fourth-order valence-electron chi connectivity index (χ4n) is 2.34. The number of methoxy groups -OCH3 is 1. The van der Waals surface area contributed by atoms with E-state index in [1.54, 1.807) is 74.5 Å². The molecule has 0 spiro atoms. The Morgan fingerprint density at radius 3 is 2.48 bits per heavy atom. The van der Waals surface area contributed by atoms with Gasteiger partial charge in [-0.15, -0.1) is 0 Å². The minimum Gasteiger partial charge on any atom is -0.497 e. The van der Waals surface area contributed by atoms with Crippen molar-refractivity contribution in [1.29, 1.82) is 5.26 Å². The van der Waals surface area contributed by atoms with Gasteiger partial charge in [0.15, 0.2) is 0 Å². The van der Waals surface area contributed by atoms with Crippen LogP contribution < -0.4 is 15.4 Å². The van der Waals surface area contributed by atoms with Gasteiger partial charge in [-0.05, 0) is 50.4 Å². The molecule has 0 saturated carbocycles. The average molecular weight is 366 g/mol. The first-order valence-corrected chi connectivity index (χ1v) is 8.38. The van der Waals surface area contributed by atoms with E-state index in [2.05, 4.69) is 10.6 Å². The van der Waals surface area contributed by atoms with Crippen molar-refractivity contribution in [3.63, 3.8) is 0 Å². The number of rotatable bonds is 7. The van der Waals surface area contributed by atoms with E-state index in [1.807, 2.05) is 6.07 Å². The highest BCUT2D eigenvalue weighted by atomic mass is 16.5. The highest BCUT2D eigenvalue weighted by Crippen LogP contribution is 2.16. The van der Waals surface area contributed by atoms with E-state index in [0.29, 0.717) is 22.7 Å². The van der Waals surface area contributed by atoms with E-state index in [-0.39, 0.29) is 18.4 Å². The summed E-state index contributed by atoms with van der Waals surface area (Å²) < 4.78 is 5.13. The van der Waals surface area contributed by atoms with Gasteiger partial charge in [-0.1, -0.05) is 6.07 Å². The normalized spacial score (nSPS) is 11.4. The van der Waals surface area contributed by atoms with Gasteiger partial charge in [0, 0.05) is 17.4 Å². The molecule has 27 heavy (non-hydrogen) atoms. The Balaban J connectivity index is 1.89. The molecule has 0 aliphatic heterocycles. The predicted molar refractivity (Wildman–Crippen MR) is 104 cm³/mol. The molecule has 7 nitrogen and oxygen atoms in total. The van der Waals surface area contributed by atoms with E-state index < -0.39 is 6.04 Å². The van der Waals surface area contributed by atoms with Crippen LogP contribution in [0.1, 0.15) is 12.5 Å². The molecule has 7 heteroatoms. The van der Waals surface area contributed by atoms with Crippen molar-refractivity contribution in [3.8, 4) is 11.8 Å². The predicted octanol–water partition coefficient (Wildman–Crippen LogP) is 2.46. The Bertz CT molecular complexity index is 843. The number of hydrogen-bond acceptors (Lipinski definition) is 5. The van der Waals surface area contributed by atoms with E-state index in [9.17, 15) is 9.59 Å². The summed E-state index contributed by atoms with van der Waals surface area (Å²) in [7, 11) is 3.26. The van der Waals surface area contributed by atoms with Crippen molar-refractivity contribution in [1.82, 2.24) is 4.90 Å². The van der Waals surface area contributed by atoms with Crippen LogP contribution in [0.4, 0.5) is 11.4 Å². The van der Waals surface area contributed by atoms with Gasteiger partial charge in [-0.3, -0.25) is 14.5 Å². The second-order valence-corrected chi connectivity index (χ2v) is 6.05. The number of nitrogens with zero attached hydrogens (tertiary/aromatic N) is 2. The molecule has 2 amide bonds. The lowest BCUT2D eigenvalue weighted by Gasteiger charge is -2.23. The molecule has 140 valence electrons. The van der Waals surface area contributed by atoms with Gasteiger partial charge in [0.2, 0.25) is 11.8 Å².